The monoisotopic (exact) mass is 452 g/mol. The molecule has 0 spiro atoms. The molecule has 1 amide bonds. The van der Waals surface area contributed by atoms with Crippen LogP contribution in [0.3, 0.4) is 0 Å². The quantitative estimate of drug-likeness (QED) is 0.332. The summed E-state index contributed by atoms with van der Waals surface area (Å²) in [6.07, 6.45) is 5.67. The lowest BCUT2D eigenvalue weighted by Crippen LogP contribution is -2.37. The smallest absolute Gasteiger partial charge is 0.268 e. The maximum Gasteiger partial charge on any atom is 0.268 e. The maximum absolute atomic E-state index is 13.5. The minimum atomic E-state index is -0.0937. The van der Waals surface area contributed by atoms with Gasteiger partial charge >= 0.3 is 0 Å². The van der Waals surface area contributed by atoms with Crippen molar-refractivity contribution < 1.29 is 9.53 Å². The molecule has 4 nitrogen and oxygen atoms in total. The summed E-state index contributed by atoms with van der Waals surface area (Å²) in [6, 6.07) is 28.9. The van der Waals surface area contributed by atoms with Crippen LogP contribution in [-0.2, 0) is 6.54 Å². The molecule has 3 aromatic carbocycles. The average Bonchev–Trinajstić information content (AvgIpc) is 3.25. The Bertz CT molecular complexity index is 1240. The van der Waals surface area contributed by atoms with Gasteiger partial charge in [-0.2, -0.15) is 0 Å². The summed E-state index contributed by atoms with van der Waals surface area (Å²) in [5.41, 5.74) is 3.98. The molecule has 0 aliphatic heterocycles. The minimum Gasteiger partial charge on any atom is -0.485 e. The number of rotatable bonds is 7. The van der Waals surface area contributed by atoms with E-state index in [1.165, 1.54) is 19.3 Å². The molecule has 1 N–H and O–H groups in total. The van der Waals surface area contributed by atoms with E-state index in [4.69, 9.17) is 4.74 Å². The Kier molecular flexibility index (Phi) is 6.66. The fourth-order valence-corrected chi connectivity index (χ4v) is 4.97. The fraction of sp³-hybridized carbons (Fsp3) is 0.300. The van der Waals surface area contributed by atoms with Gasteiger partial charge in [-0.15, -0.1) is 0 Å². The van der Waals surface area contributed by atoms with Crippen LogP contribution in [0.5, 0.6) is 5.75 Å². The normalized spacial score (nSPS) is 15.2. The van der Waals surface area contributed by atoms with Gasteiger partial charge in [-0.05, 0) is 49.1 Å². The van der Waals surface area contributed by atoms with Crippen LogP contribution >= 0.6 is 0 Å². The topological polar surface area (TPSA) is 43.3 Å². The lowest BCUT2D eigenvalue weighted by Gasteiger charge is -2.23. The zero-order valence-corrected chi connectivity index (χ0v) is 19.7. The number of fused-ring (bicyclic) bond motifs is 1. The highest BCUT2D eigenvalue weighted by Crippen LogP contribution is 2.33. The number of hydrogen-bond donors (Lipinski definition) is 1. The van der Waals surface area contributed by atoms with Crippen molar-refractivity contribution in [2.45, 2.75) is 57.7 Å². The van der Waals surface area contributed by atoms with Gasteiger partial charge in [0.15, 0.2) is 0 Å². The summed E-state index contributed by atoms with van der Waals surface area (Å²) in [7, 11) is 0. The van der Waals surface area contributed by atoms with Gasteiger partial charge in [-0.3, -0.25) is 4.79 Å². The predicted molar refractivity (Wildman–Crippen MR) is 137 cm³/mol. The molecule has 5 rings (SSSR count). The molecule has 1 atom stereocenters. The van der Waals surface area contributed by atoms with Gasteiger partial charge in [0.1, 0.15) is 17.5 Å². The first kappa shape index (κ1) is 22.3. The number of carbonyl (C=O) groups excluding carboxylic acids is 1. The Balaban J connectivity index is 1.51. The molecule has 174 valence electrons. The molecule has 1 saturated carbocycles. The molecular formula is C30H32N2O2. The van der Waals surface area contributed by atoms with Crippen molar-refractivity contribution in [2.75, 3.05) is 0 Å². The molecule has 1 aliphatic rings. The first-order valence-corrected chi connectivity index (χ1v) is 12.4. The second kappa shape index (κ2) is 10.2. The van der Waals surface area contributed by atoms with Gasteiger partial charge in [-0.25, -0.2) is 0 Å². The summed E-state index contributed by atoms with van der Waals surface area (Å²) in [4.78, 5) is 13.5. The van der Waals surface area contributed by atoms with Crippen LogP contribution in [0.1, 0.15) is 66.7 Å². The molecule has 1 aromatic heterocycles. The Hall–Kier alpha value is -3.53. The number of aromatic nitrogens is 1. The van der Waals surface area contributed by atoms with Gasteiger partial charge in [0.25, 0.3) is 5.91 Å². The molecule has 1 heterocycles. The van der Waals surface area contributed by atoms with E-state index in [2.05, 4.69) is 47.1 Å². The number of benzene rings is 3. The molecule has 1 unspecified atom stereocenters. The summed E-state index contributed by atoms with van der Waals surface area (Å²) in [5, 5.41) is 4.28. The minimum absolute atomic E-state index is 0.00101. The number of nitrogens with zero attached hydrogens (tertiary/aromatic N) is 1. The Labute approximate surface area is 201 Å². The van der Waals surface area contributed by atoms with Gasteiger partial charge in [0, 0.05) is 18.0 Å². The third-order valence-electron chi connectivity index (χ3n) is 6.84. The summed E-state index contributed by atoms with van der Waals surface area (Å²) < 4.78 is 8.54. The molecule has 4 aromatic rings. The van der Waals surface area contributed by atoms with Crippen LogP contribution in [0.25, 0.3) is 10.9 Å². The van der Waals surface area contributed by atoms with Crippen molar-refractivity contribution in [1.29, 1.82) is 0 Å². The van der Waals surface area contributed by atoms with Crippen LogP contribution < -0.4 is 10.1 Å². The van der Waals surface area contributed by atoms with E-state index < -0.39 is 0 Å². The molecule has 1 fully saturated rings. The van der Waals surface area contributed by atoms with E-state index in [0.717, 1.165) is 40.6 Å². The average molecular weight is 453 g/mol. The van der Waals surface area contributed by atoms with Gasteiger partial charge in [0.05, 0.1) is 5.52 Å². The predicted octanol–water partition coefficient (Wildman–Crippen LogP) is 6.89. The van der Waals surface area contributed by atoms with Gasteiger partial charge in [0.2, 0.25) is 0 Å². The van der Waals surface area contributed by atoms with Gasteiger partial charge < -0.3 is 14.6 Å². The number of ether oxygens (including phenoxy) is 1. The molecule has 0 radical (unpaired) electrons. The number of carbonyl (C=O) groups is 1. The van der Waals surface area contributed by atoms with Crippen molar-refractivity contribution in [2.24, 2.45) is 0 Å². The van der Waals surface area contributed by atoms with E-state index in [1.807, 2.05) is 54.6 Å². The maximum atomic E-state index is 13.5. The van der Waals surface area contributed by atoms with Crippen molar-refractivity contribution in [1.82, 2.24) is 9.88 Å². The van der Waals surface area contributed by atoms with Crippen LogP contribution in [0, 0.1) is 0 Å². The SMILES string of the molecule is CC(Oc1cccc2c1cc(C(=O)NC1CCCCC1)n2Cc1ccccc1)c1ccccc1. The zero-order valence-electron chi connectivity index (χ0n) is 19.7. The second-order valence-electron chi connectivity index (χ2n) is 9.27. The molecule has 0 saturated heterocycles. The van der Waals surface area contributed by atoms with E-state index in [-0.39, 0.29) is 18.1 Å². The highest BCUT2D eigenvalue weighted by atomic mass is 16.5. The largest absolute Gasteiger partial charge is 0.485 e. The standard InChI is InChI=1S/C30H32N2O2/c1-22(24-14-7-3-8-15-24)34-29-19-11-18-27-26(29)20-28(30(33)31-25-16-9-4-10-17-25)32(27)21-23-12-5-2-6-13-23/h2-3,5-8,11-15,18-20,22,25H,4,9-10,16-17,21H2,1H3,(H,31,33). The van der Waals surface area contributed by atoms with Gasteiger partial charge in [-0.1, -0.05) is 86.0 Å². The zero-order chi connectivity index (χ0) is 23.3. The number of hydrogen-bond acceptors (Lipinski definition) is 2. The lowest BCUT2D eigenvalue weighted by atomic mass is 9.95. The lowest BCUT2D eigenvalue weighted by molar-refractivity contribution is 0.0919. The Morgan fingerprint density at radius 1 is 0.941 bits per heavy atom. The first-order chi connectivity index (χ1) is 16.7. The Morgan fingerprint density at radius 2 is 1.65 bits per heavy atom. The summed E-state index contributed by atoms with van der Waals surface area (Å²) in [5.74, 6) is 0.800. The third kappa shape index (κ3) is 4.86. The fourth-order valence-electron chi connectivity index (χ4n) is 4.97. The van der Waals surface area contributed by atoms with Crippen molar-refractivity contribution >= 4 is 16.8 Å². The summed E-state index contributed by atoms with van der Waals surface area (Å²) >= 11 is 0. The Morgan fingerprint density at radius 3 is 2.38 bits per heavy atom. The van der Waals surface area contributed by atoms with E-state index >= 15 is 0 Å². The summed E-state index contributed by atoms with van der Waals surface area (Å²) in [6.45, 7) is 2.70. The number of amides is 1. The van der Waals surface area contributed by atoms with Crippen LogP contribution in [0.2, 0.25) is 0 Å². The highest BCUT2D eigenvalue weighted by molar-refractivity contribution is 6.00. The van der Waals surface area contributed by atoms with E-state index in [1.54, 1.807) is 0 Å². The molecule has 0 bridgehead atoms. The van der Waals surface area contributed by atoms with Crippen LogP contribution in [0.4, 0.5) is 0 Å². The third-order valence-corrected chi connectivity index (χ3v) is 6.84. The highest BCUT2D eigenvalue weighted by Gasteiger charge is 2.22. The second-order valence-corrected chi connectivity index (χ2v) is 9.27. The van der Waals surface area contributed by atoms with Crippen LogP contribution in [-0.4, -0.2) is 16.5 Å². The van der Waals surface area contributed by atoms with E-state index in [9.17, 15) is 4.79 Å². The van der Waals surface area contributed by atoms with Crippen molar-refractivity contribution in [3.05, 3.63) is 102 Å². The molecule has 1 aliphatic carbocycles. The van der Waals surface area contributed by atoms with E-state index in [0.29, 0.717) is 12.2 Å². The molecule has 4 heteroatoms. The molecular weight excluding hydrogens is 420 g/mol. The number of nitrogens with one attached hydrogen (secondary N) is 1. The van der Waals surface area contributed by atoms with Crippen molar-refractivity contribution in [3.8, 4) is 5.75 Å². The van der Waals surface area contributed by atoms with Crippen LogP contribution in [0.15, 0.2) is 84.9 Å². The van der Waals surface area contributed by atoms with Crippen molar-refractivity contribution in [3.63, 3.8) is 0 Å². The first-order valence-electron chi connectivity index (χ1n) is 12.4. The molecule has 34 heavy (non-hydrogen) atoms.